The zero-order chi connectivity index (χ0) is 24.2. The van der Waals surface area contributed by atoms with Crippen LogP contribution in [0.4, 0.5) is 4.79 Å². The van der Waals surface area contributed by atoms with Gasteiger partial charge in [0.1, 0.15) is 5.75 Å². The van der Waals surface area contributed by atoms with Crippen LogP contribution in [0.1, 0.15) is 23.6 Å². The molecule has 34 heavy (non-hydrogen) atoms. The standard InChI is InChI=1S/C27H29N3O4/c1-17-14-20-15-24(33-4)25(34-5)16-22(20)26(29-30(17)27(31)28-2)19-12-10-18(11-13-19)21-8-6-7-9-23(21)32-3/h6-13,15-17H,14H2,1-5H3,(H,28,31). The lowest BCUT2D eigenvalue weighted by Crippen LogP contribution is -2.41. The number of amides is 2. The van der Waals surface area contributed by atoms with E-state index in [1.54, 1.807) is 28.4 Å². The van der Waals surface area contributed by atoms with Gasteiger partial charge in [0.25, 0.3) is 0 Å². The van der Waals surface area contributed by atoms with Crippen LogP contribution in [-0.4, -0.2) is 51.2 Å². The molecule has 0 fully saturated rings. The van der Waals surface area contributed by atoms with E-state index in [2.05, 4.69) is 5.32 Å². The smallest absolute Gasteiger partial charge is 0.337 e. The summed E-state index contributed by atoms with van der Waals surface area (Å²) in [7, 11) is 6.50. The van der Waals surface area contributed by atoms with Crippen molar-refractivity contribution in [3.63, 3.8) is 0 Å². The number of para-hydroxylation sites is 1. The molecule has 7 heteroatoms. The molecule has 0 bridgehead atoms. The predicted molar refractivity (Wildman–Crippen MR) is 133 cm³/mol. The molecule has 3 aromatic rings. The van der Waals surface area contributed by atoms with Gasteiger partial charge in [0.15, 0.2) is 11.5 Å². The van der Waals surface area contributed by atoms with Gasteiger partial charge < -0.3 is 19.5 Å². The molecule has 176 valence electrons. The minimum absolute atomic E-state index is 0.151. The third-order valence-corrected chi connectivity index (χ3v) is 6.00. The molecule has 0 radical (unpaired) electrons. The number of nitrogens with one attached hydrogen (secondary N) is 1. The van der Waals surface area contributed by atoms with Crippen molar-refractivity contribution < 1.29 is 19.0 Å². The molecule has 1 unspecified atom stereocenters. The van der Waals surface area contributed by atoms with E-state index in [1.165, 1.54) is 5.01 Å². The molecule has 1 heterocycles. The number of nitrogens with zero attached hydrogens (tertiary/aromatic N) is 2. The minimum Gasteiger partial charge on any atom is -0.496 e. The van der Waals surface area contributed by atoms with E-state index in [9.17, 15) is 4.79 Å². The van der Waals surface area contributed by atoms with Gasteiger partial charge in [-0.15, -0.1) is 0 Å². The average molecular weight is 460 g/mol. The third kappa shape index (κ3) is 4.29. The second-order valence-electron chi connectivity index (χ2n) is 8.04. The molecule has 2 amide bonds. The van der Waals surface area contributed by atoms with Crippen molar-refractivity contribution in [2.45, 2.75) is 19.4 Å². The lowest BCUT2D eigenvalue weighted by molar-refractivity contribution is 0.184. The Morgan fingerprint density at radius 1 is 0.882 bits per heavy atom. The van der Waals surface area contributed by atoms with Crippen LogP contribution in [0.2, 0.25) is 0 Å². The second kappa shape index (κ2) is 9.87. The summed E-state index contributed by atoms with van der Waals surface area (Å²) in [5.74, 6) is 2.07. The van der Waals surface area contributed by atoms with Crippen molar-refractivity contribution in [1.29, 1.82) is 0 Å². The van der Waals surface area contributed by atoms with Crippen LogP contribution in [0.15, 0.2) is 65.8 Å². The molecular formula is C27H29N3O4. The first kappa shape index (κ1) is 23.2. The first-order chi connectivity index (χ1) is 16.5. The number of ether oxygens (including phenoxy) is 3. The van der Waals surface area contributed by atoms with E-state index in [1.807, 2.05) is 67.6 Å². The Labute approximate surface area is 200 Å². The Hall–Kier alpha value is -4.00. The van der Waals surface area contributed by atoms with Gasteiger partial charge in [0.05, 0.1) is 33.1 Å². The number of urea groups is 1. The summed E-state index contributed by atoms with van der Waals surface area (Å²) in [6, 6.07) is 19.5. The van der Waals surface area contributed by atoms with Crippen LogP contribution in [0.25, 0.3) is 11.1 Å². The summed E-state index contributed by atoms with van der Waals surface area (Å²) < 4.78 is 16.6. The minimum atomic E-state index is -0.262. The fraction of sp³-hybridized carbons (Fsp3) is 0.259. The number of fused-ring (bicyclic) bond motifs is 1. The van der Waals surface area contributed by atoms with E-state index >= 15 is 0 Å². The maximum absolute atomic E-state index is 12.7. The van der Waals surface area contributed by atoms with Crippen molar-refractivity contribution in [3.05, 3.63) is 77.4 Å². The van der Waals surface area contributed by atoms with Gasteiger partial charge in [-0.25, -0.2) is 9.80 Å². The number of carbonyl (C=O) groups excluding carboxylic acids is 1. The molecule has 3 aromatic carbocycles. The summed E-state index contributed by atoms with van der Waals surface area (Å²) in [4.78, 5) is 12.7. The van der Waals surface area contributed by atoms with Crippen LogP contribution in [0.5, 0.6) is 17.2 Å². The van der Waals surface area contributed by atoms with Crippen LogP contribution in [0.3, 0.4) is 0 Å². The summed E-state index contributed by atoms with van der Waals surface area (Å²) in [5, 5.41) is 9.02. The first-order valence-corrected chi connectivity index (χ1v) is 11.1. The first-order valence-electron chi connectivity index (χ1n) is 11.1. The lowest BCUT2D eigenvalue weighted by atomic mass is 9.93. The Morgan fingerprint density at radius 2 is 1.50 bits per heavy atom. The summed E-state index contributed by atoms with van der Waals surface area (Å²) in [5.41, 5.74) is 5.54. The zero-order valence-corrected chi connectivity index (χ0v) is 20.1. The molecule has 0 saturated carbocycles. The van der Waals surface area contributed by atoms with Crippen molar-refractivity contribution in [2.24, 2.45) is 5.10 Å². The van der Waals surface area contributed by atoms with E-state index in [-0.39, 0.29) is 12.1 Å². The predicted octanol–water partition coefficient (Wildman–Crippen LogP) is 4.72. The highest BCUT2D eigenvalue weighted by atomic mass is 16.5. The van der Waals surface area contributed by atoms with Gasteiger partial charge in [-0.05, 0) is 42.7 Å². The Balaban J connectivity index is 1.86. The molecule has 0 aromatic heterocycles. The Morgan fingerprint density at radius 3 is 2.15 bits per heavy atom. The summed E-state index contributed by atoms with van der Waals surface area (Å²) >= 11 is 0. The largest absolute Gasteiger partial charge is 0.496 e. The molecule has 0 spiro atoms. The van der Waals surface area contributed by atoms with E-state index < -0.39 is 0 Å². The molecule has 1 aliphatic rings. The average Bonchev–Trinajstić information content (AvgIpc) is 3.02. The quantitative estimate of drug-likeness (QED) is 0.599. The van der Waals surface area contributed by atoms with Gasteiger partial charge in [-0.2, -0.15) is 5.10 Å². The van der Waals surface area contributed by atoms with Crippen LogP contribution in [0, 0.1) is 0 Å². The number of hydrogen-bond donors (Lipinski definition) is 1. The van der Waals surface area contributed by atoms with Gasteiger partial charge in [0, 0.05) is 23.7 Å². The number of rotatable bonds is 5. The van der Waals surface area contributed by atoms with Gasteiger partial charge in [0.2, 0.25) is 0 Å². The molecule has 1 N–H and O–H groups in total. The molecule has 1 atom stereocenters. The van der Waals surface area contributed by atoms with Crippen LogP contribution in [-0.2, 0) is 6.42 Å². The van der Waals surface area contributed by atoms with Gasteiger partial charge in [-0.3, -0.25) is 0 Å². The third-order valence-electron chi connectivity index (χ3n) is 6.00. The maximum atomic E-state index is 12.7. The Kier molecular flexibility index (Phi) is 6.72. The fourth-order valence-corrected chi connectivity index (χ4v) is 4.24. The highest BCUT2D eigenvalue weighted by molar-refractivity contribution is 6.14. The van der Waals surface area contributed by atoms with Crippen molar-refractivity contribution in [2.75, 3.05) is 28.4 Å². The molecule has 0 aliphatic carbocycles. The van der Waals surface area contributed by atoms with Gasteiger partial charge >= 0.3 is 6.03 Å². The number of hydrazone groups is 1. The molecule has 0 saturated heterocycles. The summed E-state index contributed by atoms with van der Waals surface area (Å²) in [6.07, 6.45) is 0.620. The topological polar surface area (TPSA) is 72.4 Å². The van der Waals surface area contributed by atoms with Crippen molar-refractivity contribution in [3.8, 4) is 28.4 Å². The van der Waals surface area contributed by atoms with Gasteiger partial charge in [-0.1, -0.05) is 42.5 Å². The van der Waals surface area contributed by atoms with E-state index in [0.717, 1.165) is 33.6 Å². The normalized spacial score (nSPS) is 15.0. The highest BCUT2D eigenvalue weighted by Gasteiger charge is 2.28. The highest BCUT2D eigenvalue weighted by Crippen LogP contribution is 2.35. The maximum Gasteiger partial charge on any atom is 0.337 e. The molecule has 4 rings (SSSR count). The molecule has 7 nitrogen and oxygen atoms in total. The van der Waals surface area contributed by atoms with Crippen molar-refractivity contribution in [1.82, 2.24) is 10.3 Å². The SMILES string of the molecule is CNC(=O)N1N=C(c2ccc(-c3ccccc3OC)cc2)c2cc(OC)c(OC)cc2CC1C. The lowest BCUT2D eigenvalue weighted by Gasteiger charge is -2.22. The number of benzene rings is 3. The molecule has 1 aliphatic heterocycles. The number of methoxy groups -OCH3 is 3. The fourth-order valence-electron chi connectivity index (χ4n) is 4.24. The van der Waals surface area contributed by atoms with E-state index in [0.29, 0.717) is 23.6 Å². The van der Waals surface area contributed by atoms with E-state index in [4.69, 9.17) is 19.3 Å². The summed E-state index contributed by atoms with van der Waals surface area (Å²) in [6.45, 7) is 1.98. The van der Waals surface area contributed by atoms with Crippen molar-refractivity contribution >= 4 is 11.7 Å². The molecular weight excluding hydrogens is 430 g/mol. The number of hydrogen-bond acceptors (Lipinski definition) is 5. The zero-order valence-electron chi connectivity index (χ0n) is 20.1. The monoisotopic (exact) mass is 459 g/mol. The Bertz CT molecular complexity index is 1220. The van der Waals surface area contributed by atoms with Crippen LogP contribution < -0.4 is 19.5 Å². The second-order valence-corrected chi connectivity index (χ2v) is 8.04. The van der Waals surface area contributed by atoms with Crippen LogP contribution >= 0.6 is 0 Å². The number of carbonyl (C=O) groups is 1.